The summed E-state index contributed by atoms with van der Waals surface area (Å²) in [6, 6.07) is 4.34. The largest absolute Gasteiger partial charge is 0.494 e. The number of halogens is 2. The molecule has 0 aliphatic carbocycles. The quantitative estimate of drug-likeness (QED) is 0.838. The molecule has 0 spiro atoms. The lowest BCUT2D eigenvalue weighted by molar-refractivity contribution is -0.124. The molecule has 0 bridgehead atoms. The molecule has 0 saturated carbocycles. The van der Waals surface area contributed by atoms with Crippen LogP contribution in [0.15, 0.2) is 18.2 Å². The summed E-state index contributed by atoms with van der Waals surface area (Å²) < 4.78 is 18.4. The number of hydrogen-bond donors (Lipinski definition) is 1. The van der Waals surface area contributed by atoms with Gasteiger partial charge in [-0.3, -0.25) is 4.79 Å². The van der Waals surface area contributed by atoms with Crippen LogP contribution in [0.25, 0.3) is 0 Å². The number of carbonyl (C=O) groups is 1. The lowest BCUT2D eigenvalue weighted by Gasteiger charge is -2.17. The van der Waals surface area contributed by atoms with E-state index in [2.05, 4.69) is 5.32 Å². The Bertz CT molecular complexity index is 425. The minimum absolute atomic E-state index is 0.145. The molecule has 1 rings (SSSR count). The first-order chi connectivity index (χ1) is 8.49. The van der Waals surface area contributed by atoms with Crippen molar-refractivity contribution < 1.29 is 13.9 Å². The molecule has 1 aromatic carbocycles. The highest BCUT2D eigenvalue weighted by atomic mass is 35.5. The minimum Gasteiger partial charge on any atom is -0.494 e. The SMILES string of the molecule is COc1ccc(C(C)NC(=O)C(C)CCl)cc1F. The lowest BCUT2D eigenvalue weighted by atomic mass is 10.1. The summed E-state index contributed by atoms with van der Waals surface area (Å²) in [7, 11) is 1.41. The molecule has 1 N–H and O–H groups in total. The Kier molecular flexibility index (Phi) is 5.41. The predicted octanol–water partition coefficient (Wildman–Crippen LogP) is 2.89. The van der Waals surface area contributed by atoms with Crippen LogP contribution in [-0.4, -0.2) is 18.9 Å². The normalized spacial score (nSPS) is 13.8. The Balaban J connectivity index is 2.75. The van der Waals surface area contributed by atoms with Crippen LogP contribution < -0.4 is 10.1 Å². The summed E-state index contributed by atoms with van der Waals surface area (Å²) in [6.45, 7) is 3.53. The lowest BCUT2D eigenvalue weighted by Crippen LogP contribution is -2.32. The summed E-state index contributed by atoms with van der Waals surface area (Å²) >= 11 is 5.60. The fourth-order valence-corrected chi connectivity index (χ4v) is 1.60. The van der Waals surface area contributed by atoms with Gasteiger partial charge in [-0.05, 0) is 24.6 Å². The van der Waals surface area contributed by atoms with E-state index < -0.39 is 5.82 Å². The fraction of sp³-hybridized carbons (Fsp3) is 0.462. The number of amides is 1. The van der Waals surface area contributed by atoms with Crippen molar-refractivity contribution in [2.45, 2.75) is 19.9 Å². The summed E-state index contributed by atoms with van der Waals surface area (Å²) in [5, 5.41) is 2.78. The monoisotopic (exact) mass is 273 g/mol. The molecule has 0 saturated heterocycles. The number of nitrogens with one attached hydrogen (secondary N) is 1. The number of benzene rings is 1. The Morgan fingerprint density at radius 1 is 1.50 bits per heavy atom. The maximum atomic E-state index is 13.5. The average Bonchev–Trinajstić information content (AvgIpc) is 2.37. The van der Waals surface area contributed by atoms with Crippen molar-refractivity contribution in [3.8, 4) is 5.75 Å². The second-order valence-corrected chi connectivity index (χ2v) is 4.49. The van der Waals surface area contributed by atoms with E-state index in [1.807, 2.05) is 0 Å². The minimum atomic E-state index is -0.443. The van der Waals surface area contributed by atoms with Gasteiger partial charge in [0.1, 0.15) is 0 Å². The van der Waals surface area contributed by atoms with E-state index in [0.29, 0.717) is 5.56 Å². The third-order valence-electron chi connectivity index (χ3n) is 2.71. The first-order valence-corrected chi connectivity index (χ1v) is 6.22. The Morgan fingerprint density at radius 2 is 2.17 bits per heavy atom. The summed E-state index contributed by atoms with van der Waals surface area (Å²) in [4.78, 5) is 11.7. The van der Waals surface area contributed by atoms with Gasteiger partial charge < -0.3 is 10.1 Å². The highest BCUT2D eigenvalue weighted by Gasteiger charge is 2.16. The van der Waals surface area contributed by atoms with Gasteiger partial charge in [0.2, 0.25) is 5.91 Å². The van der Waals surface area contributed by atoms with Gasteiger partial charge in [0.05, 0.1) is 13.2 Å². The van der Waals surface area contributed by atoms with Crippen LogP contribution in [0, 0.1) is 11.7 Å². The van der Waals surface area contributed by atoms with Crippen LogP contribution in [-0.2, 0) is 4.79 Å². The van der Waals surface area contributed by atoms with Crippen LogP contribution in [0.5, 0.6) is 5.75 Å². The van der Waals surface area contributed by atoms with Crippen molar-refractivity contribution in [1.29, 1.82) is 0 Å². The Labute approximate surface area is 111 Å². The van der Waals surface area contributed by atoms with Gasteiger partial charge in [-0.15, -0.1) is 11.6 Å². The summed E-state index contributed by atoms with van der Waals surface area (Å²) in [5.74, 6) is -0.408. The number of alkyl halides is 1. The van der Waals surface area contributed by atoms with E-state index in [1.165, 1.54) is 19.2 Å². The molecule has 0 radical (unpaired) electrons. The van der Waals surface area contributed by atoms with Crippen LogP contribution in [0.4, 0.5) is 4.39 Å². The highest BCUT2D eigenvalue weighted by molar-refractivity contribution is 6.19. The topological polar surface area (TPSA) is 38.3 Å². The molecule has 1 aromatic rings. The van der Waals surface area contributed by atoms with E-state index in [1.54, 1.807) is 19.9 Å². The smallest absolute Gasteiger partial charge is 0.224 e. The van der Waals surface area contributed by atoms with Crippen molar-refractivity contribution in [3.05, 3.63) is 29.6 Å². The van der Waals surface area contributed by atoms with Gasteiger partial charge in [0.25, 0.3) is 0 Å². The number of carbonyl (C=O) groups excluding carboxylic acids is 1. The maximum Gasteiger partial charge on any atom is 0.224 e. The van der Waals surface area contributed by atoms with Crippen molar-refractivity contribution in [2.75, 3.05) is 13.0 Å². The van der Waals surface area contributed by atoms with Crippen LogP contribution in [0.2, 0.25) is 0 Å². The molecular weight excluding hydrogens is 257 g/mol. The zero-order chi connectivity index (χ0) is 13.7. The van der Waals surface area contributed by atoms with E-state index in [4.69, 9.17) is 16.3 Å². The van der Waals surface area contributed by atoms with Gasteiger partial charge in [-0.1, -0.05) is 13.0 Å². The number of ether oxygens (including phenoxy) is 1. The molecule has 0 heterocycles. The third kappa shape index (κ3) is 3.60. The van der Waals surface area contributed by atoms with E-state index in [9.17, 15) is 9.18 Å². The second kappa shape index (κ2) is 6.59. The van der Waals surface area contributed by atoms with E-state index in [0.717, 1.165) is 0 Å². The molecule has 0 aromatic heterocycles. The number of hydrogen-bond acceptors (Lipinski definition) is 2. The van der Waals surface area contributed by atoms with E-state index >= 15 is 0 Å². The van der Waals surface area contributed by atoms with Crippen LogP contribution >= 0.6 is 11.6 Å². The summed E-state index contributed by atoms with van der Waals surface area (Å²) in [5.41, 5.74) is 0.684. The van der Waals surface area contributed by atoms with Crippen LogP contribution in [0.3, 0.4) is 0 Å². The van der Waals surface area contributed by atoms with Crippen molar-refractivity contribution >= 4 is 17.5 Å². The molecule has 5 heteroatoms. The first-order valence-electron chi connectivity index (χ1n) is 5.69. The zero-order valence-corrected chi connectivity index (χ0v) is 11.4. The standard InChI is InChI=1S/C13H17ClFNO2/c1-8(7-14)13(17)16-9(2)10-4-5-12(18-3)11(15)6-10/h4-6,8-9H,7H2,1-3H3,(H,16,17). The molecule has 0 aliphatic rings. The maximum absolute atomic E-state index is 13.5. The van der Waals surface area contributed by atoms with E-state index in [-0.39, 0.29) is 29.5 Å². The number of rotatable bonds is 5. The highest BCUT2D eigenvalue weighted by Crippen LogP contribution is 2.21. The van der Waals surface area contributed by atoms with Crippen molar-refractivity contribution in [1.82, 2.24) is 5.32 Å². The molecule has 2 atom stereocenters. The Hall–Kier alpha value is -1.29. The van der Waals surface area contributed by atoms with Gasteiger partial charge in [-0.2, -0.15) is 0 Å². The van der Waals surface area contributed by atoms with Crippen molar-refractivity contribution in [3.63, 3.8) is 0 Å². The molecule has 3 nitrogen and oxygen atoms in total. The molecule has 100 valence electrons. The molecule has 2 unspecified atom stereocenters. The molecular formula is C13H17ClFNO2. The van der Waals surface area contributed by atoms with Crippen molar-refractivity contribution in [2.24, 2.45) is 5.92 Å². The zero-order valence-electron chi connectivity index (χ0n) is 10.7. The molecule has 18 heavy (non-hydrogen) atoms. The van der Waals surface area contributed by atoms with Crippen LogP contribution in [0.1, 0.15) is 25.5 Å². The fourth-order valence-electron chi connectivity index (χ4n) is 1.46. The number of methoxy groups -OCH3 is 1. The van der Waals surface area contributed by atoms with Gasteiger partial charge in [0.15, 0.2) is 11.6 Å². The second-order valence-electron chi connectivity index (χ2n) is 4.18. The predicted molar refractivity (Wildman–Crippen MR) is 69.4 cm³/mol. The molecule has 1 amide bonds. The average molecular weight is 274 g/mol. The summed E-state index contributed by atoms with van der Waals surface area (Å²) in [6.07, 6.45) is 0. The molecule has 0 fully saturated rings. The molecule has 0 aliphatic heterocycles. The van der Waals surface area contributed by atoms with Gasteiger partial charge in [-0.25, -0.2) is 4.39 Å². The first kappa shape index (κ1) is 14.8. The third-order valence-corrected chi connectivity index (χ3v) is 3.18. The Morgan fingerprint density at radius 3 is 2.67 bits per heavy atom. The van der Waals surface area contributed by atoms with Gasteiger partial charge >= 0.3 is 0 Å². The van der Waals surface area contributed by atoms with Gasteiger partial charge in [0, 0.05) is 11.8 Å².